The van der Waals surface area contributed by atoms with Gasteiger partial charge in [0.15, 0.2) is 0 Å². The third kappa shape index (κ3) is 2.72. The van der Waals surface area contributed by atoms with Crippen LogP contribution in [-0.2, 0) is 10.0 Å². The van der Waals surface area contributed by atoms with E-state index in [1.807, 2.05) is 0 Å². The number of halogens is 1. The molecule has 0 radical (unpaired) electrons. The summed E-state index contributed by atoms with van der Waals surface area (Å²) in [4.78, 5) is 0.0526. The van der Waals surface area contributed by atoms with Crippen LogP contribution in [0.1, 0.15) is 12.5 Å². The summed E-state index contributed by atoms with van der Waals surface area (Å²) >= 11 is 6.00. The zero-order chi connectivity index (χ0) is 14.2. The molecule has 1 saturated heterocycles. The molecule has 1 aliphatic rings. The van der Waals surface area contributed by atoms with Gasteiger partial charge in [-0.05, 0) is 31.5 Å². The van der Waals surface area contributed by atoms with E-state index in [1.165, 1.54) is 10.4 Å². The molecular formula is C12H16ClNO4S. The fourth-order valence-corrected chi connectivity index (χ4v) is 3.74. The SMILES string of the molecule is CCOc1cc(C)c(Cl)cc1S(=O)(=O)N1CC(O)C1. The summed E-state index contributed by atoms with van der Waals surface area (Å²) in [5.74, 6) is 0.297. The zero-order valence-electron chi connectivity index (χ0n) is 10.8. The van der Waals surface area contributed by atoms with Crippen molar-refractivity contribution in [2.75, 3.05) is 19.7 Å². The van der Waals surface area contributed by atoms with Gasteiger partial charge in [0.2, 0.25) is 10.0 Å². The largest absolute Gasteiger partial charge is 0.492 e. The van der Waals surface area contributed by atoms with E-state index in [-0.39, 0.29) is 18.0 Å². The van der Waals surface area contributed by atoms with Crippen LogP contribution in [0.25, 0.3) is 0 Å². The number of aryl methyl sites for hydroxylation is 1. The Hall–Kier alpha value is -0.820. The number of aliphatic hydroxyl groups excluding tert-OH is 1. The van der Waals surface area contributed by atoms with Gasteiger partial charge in [-0.25, -0.2) is 8.42 Å². The summed E-state index contributed by atoms with van der Waals surface area (Å²) in [6, 6.07) is 3.02. The Balaban J connectivity index is 2.45. The third-order valence-corrected chi connectivity index (χ3v) is 5.23. The molecule has 5 nitrogen and oxygen atoms in total. The highest BCUT2D eigenvalue weighted by Gasteiger charge is 2.37. The highest BCUT2D eigenvalue weighted by Crippen LogP contribution is 2.33. The molecule has 0 aliphatic carbocycles. The smallest absolute Gasteiger partial charge is 0.246 e. The van der Waals surface area contributed by atoms with E-state index in [4.69, 9.17) is 16.3 Å². The second-order valence-electron chi connectivity index (χ2n) is 4.46. The first kappa shape index (κ1) is 14.6. The number of sulfonamides is 1. The van der Waals surface area contributed by atoms with Crippen molar-refractivity contribution in [3.63, 3.8) is 0 Å². The number of aliphatic hydroxyl groups is 1. The summed E-state index contributed by atoms with van der Waals surface area (Å²) in [7, 11) is -3.66. The first-order valence-electron chi connectivity index (χ1n) is 5.97. The Kier molecular flexibility index (Phi) is 4.06. The number of benzene rings is 1. The average molecular weight is 306 g/mol. The van der Waals surface area contributed by atoms with Gasteiger partial charge in [0.25, 0.3) is 0 Å². The van der Waals surface area contributed by atoms with Crippen LogP contribution >= 0.6 is 11.6 Å². The van der Waals surface area contributed by atoms with Crippen LogP contribution in [0.5, 0.6) is 5.75 Å². The summed E-state index contributed by atoms with van der Waals surface area (Å²) in [5, 5.41) is 9.61. The van der Waals surface area contributed by atoms with Crippen LogP contribution in [0, 0.1) is 6.92 Å². The summed E-state index contributed by atoms with van der Waals surface area (Å²) in [6.07, 6.45) is -0.591. The fraction of sp³-hybridized carbons (Fsp3) is 0.500. The molecule has 0 atom stereocenters. The lowest BCUT2D eigenvalue weighted by molar-refractivity contribution is 0.0546. The van der Waals surface area contributed by atoms with Crippen LogP contribution in [0.3, 0.4) is 0 Å². The summed E-state index contributed by atoms with van der Waals surface area (Å²) in [5.41, 5.74) is 0.757. The molecule has 0 amide bonds. The molecule has 1 aromatic carbocycles. The predicted octanol–water partition coefficient (Wildman–Crippen LogP) is 1.41. The van der Waals surface area contributed by atoms with Gasteiger partial charge in [-0.1, -0.05) is 11.6 Å². The molecule has 19 heavy (non-hydrogen) atoms. The minimum absolute atomic E-state index is 0.0526. The Labute approximate surface area is 117 Å². The number of β-amino-alcohol motifs (C(OH)–C–C–N with tert-alkyl or cyclic N) is 1. The van der Waals surface area contributed by atoms with Crippen LogP contribution in [-0.4, -0.2) is 43.6 Å². The molecule has 1 N–H and O–H groups in total. The van der Waals surface area contributed by atoms with Gasteiger partial charge in [-0.3, -0.25) is 0 Å². The molecule has 1 heterocycles. The van der Waals surface area contributed by atoms with Crippen LogP contribution in [0.4, 0.5) is 0 Å². The van der Waals surface area contributed by atoms with Gasteiger partial charge in [0.1, 0.15) is 10.6 Å². The maximum Gasteiger partial charge on any atom is 0.246 e. The second kappa shape index (κ2) is 5.28. The van der Waals surface area contributed by atoms with E-state index in [2.05, 4.69) is 0 Å². The lowest BCUT2D eigenvalue weighted by Gasteiger charge is -2.35. The van der Waals surface area contributed by atoms with E-state index >= 15 is 0 Å². The highest BCUT2D eigenvalue weighted by molar-refractivity contribution is 7.89. The minimum Gasteiger partial charge on any atom is -0.492 e. The molecule has 0 bridgehead atoms. The Morgan fingerprint density at radius 1 is 1.47 bits per heavy atom. The molecule has 0 unspecified atom stereocenters. The predicted molar refractivity (Wildman–Crippen MR) is 72.1 cm³/mol. The monoisotopic (exact) mass is 305 g/mol. The Bertz CT molecular complexity index is 582. The topological polar surface area (TPSA) is 66.8 Å². The Morgan fingerprint density at radius 2 is 2.11 bits per heavy atom. The molecule has 0 aromatic heterocycles. The Morgan fingerprint density at radius 3 is 2.63 bits per heavy atom. The molecule has 1 aliphatic heterocycles. The molecule has 0 spiro atoms. The molecule has 2 rings (SSSR count). The molecular weight excluding hydrogens is 290 g/mol. The lowest BCUT2D eigenvalue weighted by Crippen LogP contribution is -2.53. The van der Waals surface area contributed by atoms with Crippen molar-refractivity contribution >= 4 is 21.6 Å². The second-order valence-corrected chi connectivity index (χ2v) is 6.77. The van der Waals surface area contributed by atoms with Gasteiger partial charge in [0, 0.05) is 18.1 Å². The van der Waals surface area contributed by atoms with Gasteiger partial charge in [0.05, 0.1) is 12.7 Å². The normalized spacial score (nSPS) is 17.3. The van der Waals surface area contributed by atoms with Crippen LogP contribution < -0.4 is 4.74 Å². The first-order valence-corrected chi connectivity index (χ1v) is 7.79. The summed E-state index contributed by atoms with van der Waals surface area (Å²) in [6.45, 7) is 4.16. The molecule has 1 fully saturated rings. The van der Waals surface area contributed by atoms with Crippen molar-refractivity contribution in [2.45, 2.75) is 24.8 Å². The maximum absolute atomic E-state index is 12.4. The third-order valence-electron chi connectivity index (χ3n) is 2.97. The average Bonchev–Trinajstić information content (AvgIpc) is 2.29. The van der Waals surface area contributed by atoms with Gasteiger partial charge in [-0.15, -0.1) is 0 Å². The van der Waals surface area contributed by atoms with E-state index in [1.54, 1.807) is 19.9 Å². The van der Waals surface area contributed by atoms with Crippen molar-refractivity contribution in [3.05, 3.63) is 22.7 Å². The van der Waals surface area contributed by atoms with Crippen molar-refractivity contribution in [1.82, 2.24) is 4.31 Å². The standard InChI is InChI=1S/C12H16ClNO4S/c1-3-18-11-4-8(2)10(13)5-12(11)19(16,17)14-6-9(15)7-14/h4-5,9,15H,3,6-7H2,1-2H3. The zero-order valence-corrected chi connectivity index (χ0v) is 12.3. The molecule has 0 saturated carbocycles. The molecule has 106 valence electrons. The van der Waals surface area contributed by atoms with Crippen molar-refractivity contribution in [1.29, 1.82) is 0 Å². The number of hydrogen-bond acceptors (Lipinski definition) is 4. The molecule has 7 heteroatoms. The van der Waals surface area contributed by atoms with Gasteiger partial charge < -0.3 is 9.84 Å². The van der Waals surface area contributed by atoms with E-state index in [0.717, 1.165) is 5.56 Å². The minimum atomic E-state index is -3.66. The summed E-state index contributed by atoms with van der Waals surface area (Å²) < 4.78 is 31.4. The van der Waals surface area contributed by atoms with E-state index in [9.17, 15) is 13.5 Å². The van der Waals surface area contributed by atoms with Gasteiger partial charge >= 0.3 is 0 Å². The number of ether oxygens (including phenoxy) is 1. The van der Waals surface area contributed by atoms with Crippen LogP contribution in [0.2, 0.25) is 5.02 Å². The molecule has 1 aromatic rings. The van der Waals surface area contributed by atoms with Gasteiger partial charge in [-0.2, -0.15) is 4.31 Å². The number of hydrogen-bond donors (Lipinski definition) is 1. The first-order chi connectivity index (χ1) is 8.86. The number of nitrogens with zero attached hydrogens (tertiary/aromatic N) is 1. The quantitative estimate of drug-likeness (QED) is 0.913. The van der Waals surface area contributed by atoms with Crippen molar-refractivity contribution < 1.29 is 18.3 Å². The highest BCUT2D eigenvalue weighted by atomic mass is 35.5. The van der Waals surface area contributed by atoms with E-state index < -0.39 is 16.1 Å². The van der Waals surface area contributed by atoms with Crippen molar-refractivity contribution in [2.24, 2.45) is 0 Å². The van der Waals surface area contributed by atoms with Crippen LogP contribution in [0.15, 0.2) is 17.0 Å². The number of rotatable bonds is 4. The lowest BCUT2D eigenvalue weighted by atomic mass is 10.2. The fourth-order valence-electron chi connectivity index (χ4n) is 1.86. The van der Waals surface area contributed by atoms with E-state index in [0.29, 0.717) is 17.4 Å². The maximum atomic E-state index is 12.4. The van der Waals surface area contributed by atoms with Crippen molar-refractivity contribution in [3.8, 4) is 5.75 Å².